The summed E-state index contributed by atoms with van der Waals surface area (Å²) < 4.78 is 19.8. The van der Waals surface area contributed by atoms with E-state index in [-0.39, 0.29) is 34.4 Å². The number of carbonyl (C=O) groups is 1. The minimum Gasteiger partial charge on any atom is -0.459 e. The molecule has 0 aromatic heterocycles. The van der Waals surface area contributed by atoms with Crippen LogP contribution in [0.1, 0.15) is 113 Å². The molecule has 0 amide bonds. The van der Waals surface area contributed by atoms with Crippen LogP contribution in [0, 0.1) is 23.2 Å². The Labute approximate surface area is 278 Å². The summed E-state index contributed by atoms with van der Waals surface area (Å²) in [6.07, 6.45) is 14.8. The van der Waals surface area contributed by atoms with Gasteiger partial charge < -0.3 is 13.6 Å². The fourth-order valence-electron chi connectivity index (χ4n) is 8.25. The lowest BCUT2D eigenvalue weighted by atomic mass is 9.60. The summed E-state index contributed by atoms with van der Waals surface area (Å²) in [6, 6.07) is 0. The van der Waals surface area contributed by atoms with Gasteiger partial charge in [-0.25, -0.2) is 4.79 Å². The van der Waals surface area contributed by atoms with Crippen LogP contribution in [-0.2, 0) is 18.4 Å². The number of allylic oxidation sites excluding steroid dienone is 3. The Morgan fingerprint density at radius 2 is 1.49 bits per heavy atom. The summed E-state index contributed by atoms with van der Waals surface area (Å²) in [5.74, 6) is 1.63. The molecule has 0 aromatic carbocycles. The lowest BCUT2D eigenvalue weighted by Gasteiger charge is -2.46. The van der Waals surface area contributed by atoms with E-state index < -0.39 is 16.6 Å². The smallest absolute Gasteiger partial charge is 0.333 e. The standard InChI is InChI=1S/C39H66O4Si2/c1-26(22-31-23-27(2)36(40)41-31)32-19-20-33-30(16-15-21-39(32,33)10)18-17-29-24-34(42-44(11,12)37(4,5)6)28(3)35(25-29)43-45(13,14)38(7,8)9/h17-18,26,31-35H,2-3,15-16,19-25H2,1,4-14H3/b30-18+/t26-,31-,32?,33?,34-,35-,39-/m1/s1. The maximum absolute atomic E-state index is 12.0. The van der Waals surface area contributed by atoms with Crippen molar-refractivity contribution in [3.05, 3.63) is 47.6 Å². The molecule has 0 spiro atoms. The second-order valence-electron chi connectivity index (χ2n) is 18.4. The Hall–Kier alpha value is -1.22. The van der Waals surface area contributed by atoms with Crippen LogP contribution in [0.2, 0.25) is 36.3 Å². The van der Waals surface area contributed by atoms with Crippen molar-refractivity contribution in [3.8, 4) is 0 Å². The van der Waals surface area contributed by atoms with E-state index >= 15 is 0 Å². The Kier molecular flexibility index (Phi) is 10.6. The number of ether oxygens (including phenoxy) is 1. The van der Waals surface area contributed by atoms with E-state index in [0.717, 1.165) is 24.8 Å². The summed E-state index contributed by atoms with van der Waals surface area (Å²) >= 11 is 0. The van der Waals surface area contributed by atoms with Crippen LogP contribution in [0.15, 0.2) is 47.6 Å². The van der Waals surface area contributed by atoms with E-state index in [1.807, 2.05) is 0 Å². The van der Waals surface area contributed by atoms with Crippen molar-refractivity contribution < 1.29 is 18.4 Å². The summed E-state index contributed by atoms with van der Waals surface area (Å²) in [4.78, 5) is 12.0. The third-order valence-corrected chi connectivity index (χ3v) is 22.1. The highest BCUT2D eigenvalue weighted by Crippen LogP contribution is 2.60. The number of carbonyl (C=O) groups excluding carboxylic acids is 1. The largest absolute Gasteiger partial charge is 0.459 e. The number of hydrogen-bond donors (Lipinski definition) is 0. The van der Waals surface area contributed by atoms with Crippen LogP contribution in [0.5, 0.6) is 0 Å². The van der Waals surface area contributed by atoms with Gasteiger partial charge >= 0.3 is 5.97 Å². The predicted molar refractivity (Wildman–Crippen MR) is 194 cm³/mol. The molecule has 4 fully saturated rings. The second kappa shape index (κ2) is 13.0. The van der Waals surface area contributed by atoms with Gasteiger partial charge in [0.25, 0.3) is 0 Å². The quantitative estimate of drug-likeness (QED) is 0.113. The molecule has 0 aromatic rings. The molecule has 1 aliphatic heterocycles. The highest BCUT2D eigenvalue weighted by Gasteiger charge is 2.51. The molecule has 45 heavy (non-hydrogen) atoms. The first-order chi connectivity index (χ1) is 20.6. The van der Waals surface area contributed by atoms with Crippen LogP contribution in [0.3, 0.4) is 0 Å². The summed E-state index contributed by atoms with van der Waals surface area (Å²) in [6.45, 7) is 36.9. The van der Waals surface area contributed by atoms with Gasteiger partial charge in [0, 0.05) is 12.0 Å². The minimum absolute atomic E-state index is 0.00756. The molecule has 7 atom stereocenters. The topological polar surface area (TPSA) is 44.8 Å². The number of cyclic esters (lactones) is 1. The molecule has 4 nitrogen and oxygen atoms in total. The van der Waals surface area contributed by atoms with Gasteiger partial charge in [0.15, 0.2) is 16.6 Å². The zero-order valence-corrected chi connectivity index (χ0v) is 33.0. The van der Waals surface area contributed by atoms with E-state index in [0.29, 0.717) is 35.2 Å². The molecule has 0 bridgehead atoms. The monoisotopic (exact) mass is 654 g/mol. The van der Waals surface area contributed by atoms with Crippen molar-refractivity contribution >= 4 is 22.6 Å². The first kappa shape index (κ1) is 36.6. The van der Waals surface area contributed by atoms with Crippen LogP contribution in [0.4, 0.5) is 0 Å². The fourth-order valence-corrected chi connectivity index (χ4v) is 10.8. The first-order valence-electron chi connectivity index (χ1n) is 17.9. The van der Waals surface area contributed by atoms with Crippen molar-refractivity contribution in [1.29, 1.82) is 0 Å². The molecule has 254 valence electrons. The zero-order valence-electron chi connectivity index (χ0n) is 31.0. The van der Waals surface area contributed by atoms with Crippen LogP contribution in [0.25, 0.3) is 0 Å². The third-order valence-electron chi connectivity index (χ3n) is 13.1. The Bertz CT molecular complexity index is 1150. The Morgan fingerprint density at radius 3 is 1.98 bits per heavy atom. The predicted octanol–water partition coefficient (Wildman–Crippen LogP) is 11.1. The molecule has 4 rings (SSSR count). The number of esters is 1. The van der Waals surface area contributed by atoms with Crippen LogP contribution < -0.4 is 0 Å². The molecule has 3 saturated carbocycles. The summed E-state index contributed by atoms with van der Waals surface area (Å²) in [7, 11) is -3.98. The Morgan fingerprint density at radius 1 is 0.933 bits per heavy atom. The van der Waals surface area contributed by atoms with Gasteiger partial charge in [0.05, 0.1) is 12.2 Å². The highest BCUT2D eigenvalue weighted by atomic mass is 28.4. The van der Waals surface area contributed by atoms with Gasteiger partial charge in [-0.2, -0.15) is 0 Å². The molecule has 2 unspecified atom stereocenters. The summed E-state index contributed by atoms with van der Waals surface area (Å²) in [5.41, 5.74) is 5.17. The fraction of sp³-hybridized carbons (Fsp3) is 0.769. The molecule has 1 saturated heterocycles. The number of fused-ring (bicyclic) bond motifs is 1. The maximum atomic E-state index is 12.0. The van der Waals surface area contributed by atoms with E-state index in [4.69, 9.17) is 13.6 Å². The van der Waals surface area contributed by atoms with E-state index in [1.54, 1.807) is 5.57 Å². The van der Waals surface area contributed by atoms with Gasteiger partial charge in [0.2, 0.25) is 0 Å². The van der Waals surface area contributed by atoms with E-state index in [1.165, 1.54) is 37.7 Å². The first-order valence-corrected chi connectivity index (χ1v) is 23.7. The van der Waals surface area contributed by atoms with Crippen molar-refractivity contribution in [2.45, 2.75) is 168 Å². The van der Waals surface area contributed by atoms with Crippen LogP contribution >= 0.6 is 0 Å². The third kappa shape index (κ3) is 7.76. The lowest BCUT2D eigenvalue weighted by Crippen LogP contribution is -2.49. The van der Waals surface area contributed by atoms with Gasteiger partial charge in [-0.3, -0.25) is 0 Å². The van der Waals surface area contributed by atoms with Gasteiger partial charge in [-0.05, 0) is 116 Å². The molecule has 3 aliphatic carbocycles. The maximum Gasteiger partial charge on any atom is 0.333 e. The lowest BCUT2D eigenvalue weighted by molar-refractivity contribution is -0.139. The average molecular weight is 655 g/mol. The molecule has 6 heteroatoms. The SMILES string of the molecule is C=C1C[C@@H](C[C@@H](C)C2CCC3/C(=C/C=C4C[C@@H](O[Si](C)(C)C(C)(C)C)C(=C)[C@H](O[Si](C)(C)C(C)(C)C)C4)CCC[C@@]32C)OC1=O. The van der Waals surface area contributed by atoms with Crippen molar-refractivity contribution in [2.75, 3.05) is 0 Å². The van der Waals surface area contributed by atoms with Crippen molar-refractivity contribution in [2.24, 2.45) is 23.2 Å². The summed E-state index contributed by atoms with van der Waals surface area (Å²) in [5, 5.41) is 0.283. The average Bonchev–Trinajstić information content (AvgIpc) is 3.41. The second-order valence-corrected chi connectivity index (χ2v) is 27.9. The van der Waals surface area contributed by atoms with Gasteiger partial charge in [0.1, 0.15) is 6.10 Å². The molecule has 0 radical (unpaired) electrons. The Balaban J connectivity index is 1.56. The van der Waals surface area contributed by atoms with Gasteiger partial charge in [-0.1, -0.05) is 91.8 Å². The molecule has 1 heterocycles. The zero-order chi connectivity index (χ0) is 33.8. The highest BCUT2D eigenvalue weighted by molar-refractivity contribution is 6.74. The minimum atomic E-state index is -1.99. The normalized spacial score (nSPS) is 33.4. The molecular formula is C39H66O4Si2. The van der Waals surface area contributed by atoms with Crippen molar-refractivity contribution in [3.63, 3.8) is 0 Å². The number of rotatable bonds is 8. The van der Waals surface area contributed by atoms with Crippen molar-refractivity contribution in [1.82, 2.24) is 0 Å². The van der Waals surface area contributed by atoms with E-state index in [9.17, 15) is 4.79 Å². The van der Waals surface area contributed by atoms with Gasteiger partial charge in [-0.15, -0.1) is 0 Å². The molecule has 4 aliphatic rings. The number of hydrogen-bond acceptors (Lipinski definition) is 4. The molecule has 0 N–H and O–H groups in total. The van der Waals surface area contributed by atoms with Crippen LogP contribution in [-0.4, -0.2) is 40.9 Å². The molecular weight excluding hydrogens is 589 g/mol. The van der Waals surface area contributed by atoms with E-state index in [2.05, 4.69) is 107 Å².